The molecule has 0 saturated carbocycles. The largest absolute Gasteiger partial charge is 0.412 e. The van der Waals surface area contributed by atoms with E-state index in [1.165, 1.54) is 21.2 Å². The molecule has 2 heterocycles. The van der Waals surface area contributed by atoms with Crippen molar-refractivity contribution >= 4 is 21.4 Å². The van der Waals surface area contributed by atoms with Crippen LogP contribution < -0.4 is 0 Å². The molecule has 1 aliphatic rings. The van der Waals surface area contributed by atoms with Gasteiger partial charge in [-0.3, -0.25) is 4.90 Å². The molecule has 4 nitrogen and oxygen atoms in total. The van der Waals surface area contributed by atoms with Gasteiger partial charge in [0.1, 0.15) is 0 Å². The number of nitrogens with zero attached hydrogens (tertiary/aromatic N) is 1. The highest BCUT2D eigenvalue weighted by Crippen LogP contribution is 2.22. The first-order valence-corrected chi connectivity index (χ1v) is 10.7. The fourth-order valence-electron chi connectivity index (χ4n) is 3.45. The van der Waals surface area contributed by atoms with Gasteiger partial charge in [-0.2, -0.15) is 0 Å². The molecule has 1 saturated heterocycles. The lowest BCUT2D eigenvalue weighted by Gasteiger charge is -2.38. The van der Waals surface area contributed by atoms with Crippen LogP contribution in [0.4, 0.5) is 0 Å². The van der Waals surface area contributed by atoms with Crippen LogP contribution in [-0.2, 0) is 22.5 Å². The molecule has 2 aromatic carbocycles. The predicted molar refractivity (Wildman–Crippen MR) is 116 cm³/mol. The van der Waals surface area contributed by atoms with Crippen LogP contribution in [-0.4, -0.2) is 49.3 Å². The van der Waals surface area contributed by atoms with Crippen LogP contribution in [0.25, 0.3) is 10.1 Å². The van der Waals surface area contributed by atoms with Gasteiger partial charge in [-0.15, -0.1) is 11.3 Å². The summed E-state index contributed by atoms with van der Waals surface area (Å²) in [5.41, 5.74) is 2.62. The summed E-state index contributed by atoms with van der Waals surface area (Å²) in [7, 11) is 0. The third kappa shape index (κ3) is 5.87. The molecule has 0 aliphatic carbocycles. The third-order valence-electron chi connectivity index (χ3n) is 5.07. The second kappa shape index (κ2) is 10.7. The zero-order chi connectivity index (χ0) is 18.3. The van der Waals surface area contributed by atoms with Crippen LogP contribution in [0.1, 0.15) is 17.5 Å². The van der Waals surface area contributed by atoms with Gasteiger partial charge in [0.05, 0.1) is 19.3 Å². The number of fused-ring (bicyclic) bond motifs is 1. The SMILES string of the molecule is O.c1ccc(COC2CN(CCCOCCc3ccc4sccc4c3)C2)cc1. The second-order valence-corrected chi connectivity index (χ2v) is 8.13. The summed E-state index contributed by atoms with van der Waals surface area (Å²) in [4.78, 5) is 2.45. The Hall–Kier alpha value is -1.76. The van der Waals surface area contributed by atoms with Crippen molar-refractivity contribution in [2.24, 2.45) is 0 Å². The maximum Gasteiger partial charge on any atom is 0.0833 e. The maximum absolute atomic E-state index is 5.94. The lowest BCUT2D eigenvalue weighted by atomic mass is 10.1. The first-order chi connectivity index (χ1) is 13.4. The molecule has 0 amide bonds. The summed E-state index contributed by atoms with van der Waals surface area (Å²) >= 11 is 1.80. The van der Waals surface area contributed by atoms with Gasteiger partial charge in [0.25, 0.3) is 0 Å². The highest BCUT2D eigenvalue weighted by atomic mass is 32.1. The van der Waals surface area contributed by atoms with E-state index >= 15 is 0 Å². The van der Waals surface area contributed by atoms with Gasteiger partial charge < -0.3 is 14.9 Å². The minimum absolute atomic E-state index is 0. The quantitative estimate of drug-likeness (QED) is 0.486. The lowest BCUT2D eigenvalue weighted by molar-refractivity contribution is -0.0643. The Labute approximate surface area is 171 Å². The van der Waals surface area contributed by atoms with Crippen LogP contribution >= 0.6 is 11.3 Å². The lowest BCUT2D eigenvalue weighted by Crippen LogP contribution is -2.52. The summed E-state index contributed by atoms with van der Waals surface area (Å²) in [5, 5.41) is 3.50. The number of benzene rings is 2. The van der Waals surface area contributed by atoms with Gasteiger partial charge in [0.15, 0.2) is 0 Å². The molecular weight excluding hydrogens is 370 g/mol. The molecule has 1 fully saturated rings. The fourth-order valence-corrected chi connectivity index (χ4v) is 4.22. The minimum Gasteiger partial charge on any atom is -0.412 e. The molecular formula is C23H29NO3S. The molecule has 28 heavy (non-hydrogen) atoms. The summed E-state index contributed by atoms with van der Waals surface area (Å²) in [5.74, 6) is 0. The van der Waals surface area contributed by atoms with Crippen molar-refractivity contribution in [1.82, 2.24) is 4.90 Å². The fraction of sp³-hybridized carbons (Fsp3) is 0.391. The summed E-state index contributed by atoms with van der Waals surface area (Å²) in [6, 6.07) is 19.3. The van der Waals surface area contributed by atoms with Gasteiger partial charge >= 0.3 is 0 Å². The molecule has 150 valence electrons. The van der Waals surface area contributed by atoms with E-state index in [0.29, 0.717) is 6.10 Å². The van der Waals surface area contributed by atoms with Crippen molar-refractivity contribution in [2.45, 2.75) is 25.6 Å². The molecule has 5 heteroatoms. The Morgan fingerprint density at radius 1 is 0.964 bits per heavy atom. The van der Waals surface area contributed by atoms with Gasteiger partial charge in [0, 0.05) is 30.9 Å². The monoisotopic (exact) mass is 399 g/mol. The molecule has 3 aromatic rings. The zero-order valence-corrected chi connectivity index (χ0v) is 17.0. The summed E-state index contributed by atoms with van der Waals surface area (Å²) < 4.78 is 13.1. The number of rotatable bonds is 10. The molecule has 4 rings (SSSR count). The van der Waals surface area contributed by atoms with E-state index in [2.05, 4.69) is 58.8 Å². The maximum atomic E-state index is 5.94. The van der Waals surface area contributed by atoms with Gasteiger partial charge in [-0.25, -0.2) is 0 Å². The van der Waals surface area contributed by atoms with Crippen molar-refractivity contribution in [3.8, 4) is 0 Å². The van der Waals surface area contributed by atoms with Crippen molar-refractivity contribution in [2.75, 3.05) is 32.8 Å². The normalized spacial score (nSPS) is 14.7. The molecule has 0 spiro atoms. The Kier molecular flexibility index (Phi) is 8.01. The molecule has 2 N–H and O–H groups in total. The smallest absolute Gasteiger partial charge is 0.0833 e. The molecule has 0 radical (unpaired) electrons. The van der Waals surface area contributed by atoms with Crippen molar-refractivity contribution in [3.63, 3.8) is 0 Å². The van der Waals surface area contributed by atoms with Crippen LogP contribution in [0.3, 0.4) is 0 Å². The number of thiophene rings is 1. The van der Waals surface area contributed by atoms with Gasteiger partial charge in [-0.05, 0) is 46.9 Å². The van der Waals surface area contributed by atoms with Crippen molar-refractivity contribution < 1.29 is 14.9 Å². The van der Waals surface area contributed by atoms with Crippen LogP contribution in [0.15, 0.2) is 60.0 Å². The molecule has 0 atom stereocenters. The van der Waals surface area contributed by atoms with E-state index in [1.54, 1.807) is 11.3 Å². The van der Waals surface area contributed by atoms with E-state index in [-0.39, 0.29) is 5.48 Å². The van der Waals surface area contributed by atoms with E-state index in [9.17, 15) is 0 Å². The topological polar surface area (TPSA) is 53.2 Å². The number of hydrogen-bond acceptors (Lipinski definition) is 4. The highest BCUT2D eigenvalue weighted by molar-refractivity contribution is 7.17. The Balaban J connectivity index is 0.00000225. The second-order valence-electron chi connectivity index (χ2n) is 7.19. The molecule has 1 aliphatic heterocycles. The van der Waals surface area contributed by atoms with Crippen molar-refractivity contribution in [3.05, 3.63) is 71.1 Å². The van der Waals surface area contributed by atoms with Crippen molar-refractivity contribution in [1.29, 1.82) is 0 Å². The van der Waals surface area contributed by atoms with E-state index in [0.717, 1.165) is 52.3 Å². The summed E-state index contributed by atoms with van der Waals surface area (Å²) in [6.07, 6.45) is 2.47. The first-order valence-electron chi connectivity index (χ1n) is 9.78. The number of likely N-dealkylation sites (tertiary alicyclic amines) is 1. The zero-order valence-electron chi connectivity index (χ0n) is 16.2. The van der Waals surface area contributed by atoms with E-state index in [1.807, 2.05) is 6.07 Å². The Morgan fingerprint density at radius 3 is 2.68 bits per heavy atom. The van der Waals surface area contributed by atoms with Crippen LogP contribution in [0.5, 0.6) is 0 Å². The van der Waals surface area contributed by atoms with Gasteiger partial charge in [-0.1, -0.05) is 42.5 Å². The van der Waals surface area contributed by atoms with Crippen LogP contribution in [0, 0.1) is 0 Å². The van der Waals surface area contributed by atoms with E-state index in [4.69, 9.17) is 9.47 Å². The average Bonchev–Trinajstić information content (AvgIpc) is 3.14. The molecule has 0 bridgehead atoms. The van der Waals surface area contributed by atoms with Crippen LogP contribution in [0.2, 0.25) is 0 Å². The van der Waals surface area contributed by atoms with Gasteiger partial charge in [0.2, 0.25) is 0 Å². The predicted octanol–water partition coefficient (Wildman–Crippen LogP) is 3.93. The minimum atomic E-state index is 0. The molecule has 0 unspecified atom stereocenters. The average molecular weight is 400 g/mol. The third-order valence-corrected chi connectivity index (χ3v) is 5.96. The number of ether oxygens (including phenoxy) is 2. The molecule has 1 aromatic heterocycles. The Morgan fingerprint density at radius 2 is 1.82 bits per heavy atom. The first kappa shape index (κ1) is 21.0. The standard InChI is InChI=1S/C23H27NO2S.H2O/c1-2-5-20(6-3-1)18-26-22-16-24(17-22)11-4-12-25-13-9-19-7-8-23-21(15-19)10-14-27-23;/h1-3,5-8,10,14-15,22H,4,9,11-13,16-18H2;1H2. The Bertz CT molecular complexity index is 830. The number of hydrogen-bond donors (Lipinski definition) is 0. The summed E-state index contributed by atoms with van der Waals surface area (Å²) in [6.45, 7) is 5.57. The van der Waals surface area contributed by atoms with E-state index < -0.39 is 0 Å². The highest BCUT2D eigenvalue weighted by Gasteiger charge is 2.26.